The van der Waals surface area contributed by atoms with Gasteiger partial charge in [0.1, 0.15) is 5.69 Å². The van der Waals surface area contributed by atoms with E-state index in [4.69, 9.17) is 21.1 Å². The Morgan fingerprint density at radius 3 is 2.26 bits per heavy atom. The number of hydrogen-bond acceptors (Lipinski definition) is 5. The molecule has 0 saturated carbocycles. The first-order valence-electron chi connectivity index (χ1n) is 10.9. The molecule has 0 aliphatic heterocycles. The van der Waals surface area contributed by atoms with Crippen LogP contribution in [0.25, 0.3) is 0 Å². The first-order valence-corrected chi connectivity index (χ1v) is 11.4. The molecule has 176 valence electrons. The molecule has 0 N–H and O–H groups in total. The summed E-state index contributed by atoms with van der Waals surface area (Å²) in [6.45, 7) is 14.9. The number of Topliss-reactive ketones (excluding diaryl/α,β-unsaturated/α-hetero) is 1. The minimum absolute atomic E-state index is 0.0804. The second-order valence-electron chi connectivity index (χ2n) is 8.12. The lowest BCUT2D eigenvalue weighted by Gasteiger charge is -2.30. The lowest BCUT2D eigenvalue weighted by Crippen LogP contribution is -2.45. The van der Waals surface area contributed by atoms with Gasteiger partial charge in [0.2, 0.25) is 5.91 Å². The third-order valence-electron chi connectivity index (χ3n) is 5.29. The number of carbonyl (C=O) groups excluding carboxylic acids is 3. The zero-order chi connectivity index (χ0) is 23.8. The molecule has 0 spiro atoms. The zero-order valence-corrected chi connectivity index (χ0v) is 20.7. The molecule has 0 fully saturated rings. The topological polar surface area (TPSA) is 77.8 Å². The molecule has 8 heteroatoms. The number of aromatic nitrogens is 1. The summed E-state index contributed by atoms with van der Waals surface area (Å²) in [4.78, 5) is 40.5. The number of hydrogen-bond donors (Lipinski definition) is 0. The quantitative estimate of drug-likeness (QED) is 0.194. The molecule has 31 heavy (non-hydrogen) atoms. The van der Waals surface area contributed by atoms with Gasteiger partial charge < -0.3 is 18.9 Å². The van der Waals surface area contributed by atoms with Gasteiger partial charge in [-0.05, 0) is 60.5 Å². The highest BCUT2D eigenvalue weighted by molar-refractivity contribution is 6.20. The van der Waals surface area contributed by atoms with Crippen LogP contribution in [0.1, 0.15) is 73.1 Å². The molecule has 0 unspecified atom stereocenters. The summed E-state index contributed by atoms with van der Waals surface area (Å²) in [6, 6.07) is 0. The highest BCUT2D eigenvalue weighted by Gasteiger charge is 2.34. The Balaban J connectivity index is 3.25. The summed E-state index contributed by atoms with van der Waals surface area (Å²) in [5, 5.41) is 0. The van der Waals surface area contributed by atoms with Crippen molar-refractivity contribution >= 4 is 29.3 Å². The van der Waals surface area contributed by atoms with Crippen LogP contribution in [0.4, 0.5) is 0 Å². The van der Waals surface area contributed by atoms with Gasteiger partial charge in [0, 0.05) is 43.4 Å². The molecule has 0 bridgehead atoms. The predicted molar refractivity (Wildman–Crippen MR) is 122 cm³/mol. The van der Waals surface area contributed by atoms with Crippen LogP contribution in [-0.4, -0.2) is 65.9 Å². The van der Waals surface area contributed by atoms with Gasteiger partial charge in [-0.2, -0.15) is 0 Å². The fourth-order valence-corrected chi connectivity index (χ4v) is 3.77. The number of alkyl halides is 1. The number of ether oxygens (including phenoxy) is 2. The van der Waals surface area contributed by atoms with Crippen molar-refractivity contribution in [1.82, 2.24) is 9.47 Å². The zero-order valence-electron chi connectivity index (χ0n) is 20.0. The van der Waals surface area contributed by atoms with Crippen LogP contribution in [0.2, 0.25) is 0 Å². The van der Waals surface area contributed by atoms with Gasteiger partial charge in [-0.15, -0.1) is 11.6 Å². The predicted octanol–water partition coefficient (Wildman–Crippen LogP) is 4.00. The van der Waals surface area contributed by atoms with Gasteiger partial charge in [0.25, 0.3) is 0 Å². The molecule has 1 amide bonds. The molecule has 0 saturated heterocycles. The Morgan fingerprint density at radius 2 is 1.74 bits per heavy atom. The van der Waals surface area contributed by atoms with E-state index in [9.17, 15) is 14.4 Å². The molecule has 0 aliphatic carbocycles. The maximum Gasteiger partial charge on any atom is 0.355 e. The van der Waals surface area contributed by atoms with E-state index in [-0.39, 0.29) is 30.7 Å². The standard InChI is InChI=1S/C23H37ClN2O5/c1-8-26-17(5)19(16(4)20(26)21(28)31-10-3)18(27)14-25(12-11-13-30-9-2)22(29)23(6,7)15-24/h8-15H2,1-7H3. The van der Waals surface area contributed by atoms with E-state index in [1.54, 1.807) is 37.2 Å². The lowest BCUT2D eigenvalue weighted by molar-refractivity contribution is -0.139. The first kappa shape index (κ1) is 27.2. The van der Waals surface area contributed by atoms with Crippen molar-refractivity contribution < 1.29 is 23.9 Å². The van der Waals surface area contributed by atoms with Gasteiger partial charge in [0.15, 0.2) is 5.78 Å². The molecular weight excluding hydrogens is 420 g/mol. The summed E-state index contributed by atoms with van der Waals surface area (Å²) < 4.78 is 12.4. The van der Waals surface area contributed by atoms with E-state index in [1.807, 2.05) is 20.8 Å². The summed E-state index contributed by atoms with van der Waals surface area (Å²) in [5.41, 5.74) is 1.35. The highest BCUT2D eigenvalue weighted by atomic mass is 35.5. The van der Waals surface area contributed by atoms with Gasteiger partial charge in [-0.25, -0.2) is 4.79 Å². The van der Waals surface area contributed by atoms with Crippen molar-refractivity contribution in [3.05, 3.63) is 22.5 Å². The minimum Gasteiger partial charge on any atom is -0.461 e. The molecule has 0 aromatic carbocycles. The SMILES string of the molecule is CCOCCCN(CC(=O)c1c(C)c(C(=O)OCC)n(CC)c1C)C(=O)C(C)(C)CCl. The summed E-state index contributed by atoms with van der Waals surface area (Å²) in [7, 11) is 0. The Kier molecular flexibility index (Phi) is 10.7. The van der Waals surface area contributed by atoms with Crippen molar-refractivity contribution in [3.63, 3.8) is 0 Å². The molecule has 1 aromatic heterocycles. The molecule has 7 nitrogen and oxygen atoms in total. The van der Waals surface area contributed by atoms with E-state index in [0.29, 0.717) is 55.2 Å². The Morgan fingerprint density at radius 1 is 1.10 bits per heavy atom. The van der Waals surface area contributed by atoms with E-state index < -0.39 is 11.4 Å². The molecule has 0 radical (unpaired) electrons. The van der Waals surface area contributed by atoms with E-state index >= 15 is 0 Å². The van der Waals surface area contributed by atoms with E-state index in [0.717, 1.165) is 0 Å². The number of esters is 1. The van der Waals surface area contributed by atoms with Crippen molar-refractivity contribution in [2.75, 3.05) is 38.8 Å². The van der Waals surface area contributed by atoms with Crippen molar-refractivity contribution in [1.29, 1.82) is 0 Å². The van der Waals surface area contributed by atoms with Gasteiger partial charge in [-0.1, -0.05) is 0 Å². The molecule has 1 heterocycles. The van der Waals surface area contributed by atoms with Crippen LogP contribution in [0, 0.1) is 19.3 Å². The second-order valence-corrected chi connectivity index (χ2v) is 8.38. The lowest BCUT2D eigenvalue weighted by atomic mass is 9.93. The maximum atomic E-state index is 13.3. The average molecular weight is 457 g/mol. The summed E-state index contributed by atoms with van der Waals surface area (Å²) in [5.74, 6) is -0.679. The fourth-order valence-electron chi connectivity index (χ4n) is 3.66. The van der Waals surface area contributed by atoms with Gasteiger partial charge in [-0.3, -0.25) is 9.59 Å². The van der Waals surface area contributed by atoms with Crippen molar-refractivity contribution in [3.8, 4) is 0 Å². The maximum absolute atomic E-state index is 13.3. The third-order valence-corrected chi connectivity index (χ3v) is 5.95. The Hall–Kier alpha value is -1.86. The van der Waals surface area contributed by atoms with Gasteiger partial charge >= 0.3 is 5.97 Å². The van der Waals surface area contributed by atoms with E-state index in [1.165, 1.54) is 0 Å². The molecule has 0 atom stereocenters. The van der Waals surface area contributed by atoms with Crippen molar-refractivity contribution in [2.45, 2.75) is 61.4 Å². The largest absolute Gasteiger partial charge is 0.461 e. The van der Waals surface area contributed by atoms with Crippen LogP contribution in [0.3, 0.4) is 0 Å². The number of carbonyl (C=O) groups is 3. The smallest absolute Gasteiger partial charge is 0.355 e. The molecule has 0 aliphatic rings. The molecular formula is C23H37ClN2O5. The van der Waals surface area contributed by atoms with Crippen LogP contribution in [-0.2, 0) is 20.8 Å². The number of ketones is 1. The number of halogens is 1. The normalized spacial score (nSPS) is 11.5. The number of amides is 1. The van der Waals surface area contributed by atoms with Crippen LogP contribution < -0.4 is 0 Å². The van der Waals surface area contributed by atoms with E-state index in [2.05, 4.69) is 0 Å². The minimum atomic E-state index is -0.789. The fraction of sp³-hybridized carbons (Fsp3) is 0.696. The molecule has 1 rings (SSSR count). The second kappa shape index (κ2) is 12.2. The monoisotopic (exact) mass is 456 g/mol. The highest BCUT2D eigenvalue weighted by Crippen LogP contribution is 2.26. The van der Waals surface area contributed by atoms with Gasteiger partial charge in [0.05, 0.1) is 18.6 Å². The first-order chi connectivity index (χ1) is 14.6. The average Bonchev–Trinajstić information content (AvgIpc) is 2.99. The molecule has 1 aromatic rings. The van der Waals surface area contributed by atoms with Crippen LogP contribution in [0.15, 0.2) is 0 Å². The Labute approximate surface area is 191 Å². The number of rotatable bonds is 13. The van der Waals surface area contributed by atoms with Crippen molar-refractivity contribution in [2.24, 2.45) is 5.41 Å². The van der Waals surface area contributed by atoms with Crippen LogP contribution in [0.5, 0.6) is 0 Å². The summed E-state index contributed by atoms with van der Waals surface area (Å²) in [6.07, 6.45) is 0.618. The third kappa shape index (κ3) is 6.56. The summed E-state index contributed by atoms with van der Waals surface area (Å²) >= 11 is 6.02. The number of nitrogens with zero attached hydrogens (tertiary/aromatic N) is 2. The van der Waals surface area contributed by atoms with Crippen LogP contribution >= 0.6 is 11.6 Å². The Bertz CT molecular complexity index is 785.